The molecule has 0 bridgehead atoms. The summed E-state index contributed by atoms with van der Waals surface area (Å²) in [4.78, 5) is 12.1. The van der Waals surface area contributed by atoms with Gasteiger partial charge < -0.3 is 0 Å². The molecule has 0 saturated heterocycles. The number of fused-ring (bicyclic) bond motifs is 1. The molecule has 0 aliphatic rings. The van der Waals surface area contributed by atoms with Crippen LogP contribution in [0.15, 0.2) is 71.8 Å². The first kappa shape index (κ1) is 14.3. The van der Waals surface area contributed by atoms with Gasteiger partial charge in [-0.25, -0.2) is 0 Å². The van der Waals surface area contributed by atoms with E-state index in [2.05, 4.69) is 10.5 Å². The standard InChI is InChI=1S/C18H13ClN2O/c19-16-7-9-17(10-8-16)21-20-12-18(22)15-6-5-13-3-1-2-4-14(13)11-15/h1-12,21H/b20-12+. The van der Waals surface area contributed by atoms with Gasteiger partial charge in [0.15, 0.2) is 0 Å². The number of hydrogen-bond donors (Lipinski definition) is 1. The van der Waals surface area contributed by atoms with Crippen LogP contribution in [0.25, 0.3) is 10.8 Å². The van der Waals surface area contributed by atoms with Crippen LogP contribution in [0.3, 0.4) is 0 Å². The van der Waals surface area contributed by atoms with Crippen molar-refractivity contribution < 1.29 is 4.79 Å². The van der Waals surface area contributed by atoms with E-state index in [1.165, 1.54) is 6.21 Å². The number of nitrogens with one attached hydrogen (secondary N) is 1. The minimum Gasteiger partial charge on any atom is -0.287 e. The maximum absolute atomic E-state index is 12.1. The first-order valence-electron chi connectivity index (χ1n) is 6.80. The van der Waals surface area contributed by atoms with Gasteiger partial charge in [0.25, 0.3) is 0 Å². The van der Waals surface area contributed by atoms with Gasteiger partial charge in [-0.1, -0.05) is 48.0 Å². The van der Waals surface area contributed by atoms with Crippen LogP contribution in [-0.4, -0.2) is 12.0 Å². The number of rotatable bonds is 4. The molecule has 3 rings (SSSR count). The zero-order chi connectivity index (χ0) is 15.4. The Hall–Kier alpha value is -2.65. The second-order valence-corrected chi connectivity index (χ2v) is 5.24. The Labute approximate surface area is 133 Å². The largest absolute Gasteiger partial charge is 0.287 e. The Kier molecular flexibility index (Phi) is 4.17. The highest BCUT2D eigenvalue weighted by atomic mass is 35.5. The number of carbonyl (C=O) groups excluding carboxylic acids is 1. The molecule has 0 unspecified atom stereocenters. The fourth-order valence-corrected chi connectivity index (χ4v) is 2.23. The van der Waals surface area contributed by atoms with E-state index in [-0.39, 0.29) is 5.78 Å². The summed E-state index contributed by atoms with van der Waals surface area (Å²) in [7, 11) is 0. The number of hydrogen-bond acceptors (Lipinski definition) is 3. The Morgan fingerprint density at radius 3 is 2.45 bits per heavy atom. The van der Waals surface area contributed by atoms with Crippen LogP contribution >= 0.6 is 11.6 Å². The summed E-state index contributed by atoms with van der Waals surface area (Å²) in [5.74, 6) is -0.146. The summed E-state index contributed by atoms with van der Waals surface area (Å²) in [6.07, 6.45) is 1.28. The van der Waals surface area contributed by atoms with Crippen molar-refractivity contribution in [3.8, 4) is 0 Å². The Morgan fingerprint density at radius 1 is 0.955 bits per heavy atom. The molecule has 0 heterocycles. The lowest BCUT2D eigenvalue weighted by atomic mass is 10.1. The monoisotopic (exact) mass is 308 g/mol. The van der Waals surface area contributed by atoms with Crippen LogP contribution in [0.4, 0.5) is 5.69 Å². The number of ketones is 1. The molecule has 0 aliphatic heterocycles. The van der Waals surface area contributed by atoms with Crippen LogP contribution < -0.4 is 5.43 Å². The minimum absolute atomic E-state index is 0.146. The average Bonchev–Trinajstić information content (AvgIpc) is 2.56. The number of nitrogens with zero attached hydrogens (tertiary/aromatic N) is 1. The van der Waals surface area contributed by atoms with E-state index >= 15 is 0 Å². The lowest BCUT2D eigenvalue weighted by Gasteiger charge is -2.01. The number of halogens is 1. The second kappa shape index (κ2) is 6.41. The van der Waals surface area contributed by atoms with Gasteiger partial charge in [-0.15, -0.1) is 0 Å². The van der Waals surface area contributed by atoms with E-state index in [0.717, 1.165) is 16.5 Å². The highest BCUT2D eigenvalue weighted by Crippen LogP contribution is 2.16. The molecule has 108 valence electrons. The fourth-order valence-electron chi connectivity index (χ4n) is 2.11. The van der Waals surface area contributed by atoms with Crippen molar-refractivity contribution in [3.63, 3.8) is 0 Å². The normalized spacial score (nSPS) is 11.0. The van der Waals surface area contributed by atoms with Crippen molar-refractivity contribution in [3.05, 3.63) is 77.3 Å². The molecule has 0 atom stereocenters. The summed E-state index contributed by atoms with van der Waals surface area (Å²) in [5, 5.41) is 6.76. The molecule has 4 heteroatoms. The van der Waals surface area contributed by atoms with Crippen LogP contribution in [0.2, 0.25) is 5.02 Å². The molecule has 1 N–H and O–H groups in total. The van der Waals surface area contributed by atoms with Crippen molar-refractivity contribution in [2.45, 2.75) is 0 Å². The molecule has 0 spiro atoms. The number of carbonyl (C=O) groups is 1. The van der Waals surface area contributed by atoms with Crippen LogP contribution in [0.1, 0.15) is 10.4 Å². The molecule has 0 saturated carbocycles. The third-order valence-electron chi connectivity index (χ3n) is 3.25. The maximum atomic E-state index is 12.1. The van der Waals surface area contributed by atoms with E-state index in [4.69, 9.17) is 11.6 Å². The predicted molar refractivity (Wildman–Crippen MR) is 91.8 cm³/mol. The second-order valence-electron chi connectivity index (χ2n) is 4.80. The lowest BCUT2D eigenvalue weighted by molar-refractivity contribution is 0.107. The highest BCUT2D eigenvalue weighted by molar-refractivity contribution is 6.35. The number of benzene rings is 3. The van der Waals surface area contributed by atoms with Crippen molar-refractivity contribution >= 4 is 40.1 Å². The molecule has 0 radical (unpaired) electrons. The Bertz CT molecular complexity index is 841. The van der Waals surface area contributed by atoms with E-state index < -0.39 is 0 Å². The smallest absolute Gasteiger partial charge is 0.205 e. The van der Waals surface area contributed by atoms with Gasteiger partial charge in [-0.05, 0) is 41.1 Å². The van der Waals surface area contributed by atoms with Gasteiger partial charge in [-0.2, -0.15) is 5.10 Å². The summed E-state index contributed by atoms with van der Waals surface area (Å²) in [5.41, 5.74) is 4.18. The molecular weight excluding hydrogens is 296 g/mol. The Morgan fingerprint density at radius 2 is 1.68 bits per heavy atom. The van der Waals surface area contributed by atoms with Crippen molar-refractivity contribution in [1.82, 2.24) is 0 Å². The number of anilines is 1. The molecule has 0 aliphatic carbocycles. The van der Waals surface area contributed by atoms with E-state index in [1.807, 2.05) is 36.4 Å². The predicted octanol–water partition coefficient (Wildman–Crippen LogP) is 4.77. The van der Waals surface area contributed by atoms with Crippen LogP contribution in [0, 0.1) is 0 Å². The number of Topliss-reactive ketones (excluding diaryl/α,β-unsaturated/α-hetero) is 1. The summed E-state index contributed by atoms with van der Waals surface area (Å²) < 4.78 is 0. The van der Waals surface area contributed by atoms with Crippen LogP contribution in [0.5, 0.6) is 0 Å². The summed E-state index contributed by atoms with van der Waals surface area (Å²) in [6.45, 7) is 0. The van der Waals surface area contributed by atoms with Gasteiger partial charge in [0.2, 0.25) is 5.78 Å². The summed E-state index contributed by atoms with van der Waals surface area (Å²) in [6, 6.07) is 20.6. The summed E-state index contributed by atoms with van der Waals surface area (Å²) >= 11 is 5.80. The van der Waals surface area contributed by atoms with Gasteiger partial charge in [0, 0.05) is 10.6 Å². The minimum atomic E-state index is -0.146. The third-order valence-corrected chi connectivity index (χ3v) is 3.51. The number of hydrazone groups is 1. The zero-order valence-electron chi connectivity index (χ0n) is 11.7. The topological polar surface area (TPSA) is 41.5 Å². The molecular formula is C18H13ClN2O. The van der Waals surface area contributed by atoms with Crippen molar-refractivity contribution in [2.24, 2.45) is 5.10 Å². The van der Waals surface area contributed by atoms with Gasteiger partial charge in [-0.3, -0.25) is 10.2 Å². The first-order valence-corrected chi connectivity index (χ1v) is 7.18. The SMILES string of the molecule is O=C(/C=N/Nc1ccc(Cl)cc1)c1ccc2ccccc2c1. The fraction of sp³-hybridized carbons (Fsp3) is 0. The zero-order valence-corrected chi connectivity index (χ0v) is 12.4. The van der Waals surface area contributed by atoms with Gasteiger partial charge in [0.1, 0.15) is 0 Å². The third kappa shape index (κ3) is 3.32. The molecule has 3 nitrogen and oxygen atoms in total. The molecule has 0 amide bonds. The maximum Gasteiger partial charge on any atom is 0.205 e. The van der Waals surface area contributed by atoms with Crippen molar-refractivity contribution in [1.29, 1.82) is 0 Å². The molecule has 0 aromatic heterocycles. The lowest BCUT2D eigenvalue weighted by Crippen LogP contribution is -2.02. The van der Waals surface area contributed by atoms with E-state index in [0.29, 0.717) is 10.6 Å². The first-order chi connectivity index (χ1) is 10.7. The molecule has 3 aromatic rings. The van der Waals surface area contributed by atoms with E-state index in [9.17, 15) is 4.79 Å². The molecule has 3 aromatic carbocycles. The van der Waals surface area contributed by atoms with Crippen LogP contribution in [-0.2, 0) is 0 Å². The molecule has 22 heavy (non-hydrogen) atoms. The average molecular weight is 309 g/mol. The highest BCUT2D eigenvalue weighted by Gasteiger charge is 2.03. The quantitative estimate of drug-likeness (QED) is 0.428. The van der Waals surface area contributed by atoms with Gasteiger partial charge >= 0.3 is 0 Å². The molecule has 0 fully saturated rings. The van der Waals surface area contributed by atoms with E-state index in [1.54, 1.807) is 30.3 Å². The van der Waals surface area contributed by atoms with Gasteiger partial charge in [0.05, 0.1) is 11.9 Å². The van der Waals surface area contributed by atoms with Crippen molar-refractivity contribution in [2.75, 3.05) is 5.43 Å². The Balaban J connectivity index is 1.72.